The van der Waals surface area contributed by atoms with Crippen molar-refractivity contribution in [1.82, 2.24) is 0 Å². The van der Waals surface area contributed by atoms with Gasteiger partial charge in [-0.15, -0.1) is 0 Å². The lowest BCUT2D eigenvalue weighted by Crippen LogP contribution is -1.94. The van der Waals surface area contributed by atoms with Crippen LogP contribution in [0.4, 0.5) is 0 Å². The highest BCUT2D eigenvalue weighted by Crippen LogP contribution is 2.18. The largest absolute Gasteiger partial charge is 0.0654 e. The second-order valence-electron chi connectivity index (χ2n) is 10.5. The summed E-state index contributed by atoms with van der Waals surface area (Å²) in [5, 5.41) is 0. The number of unbranched alkanes of at least 4 members (excludes halogenated alkanes) is 22. The van der Waals surface area contributed by atoms with Gasteiger partial charge in [-0.2, -0.15) is 0 Å². The fraction of sp³-hybridized carbons (Fsp3) is 1.00. The molecule has 0 aliphatic heterocycles. The Labute approximate surface area is 193 Å². The molecule has 30 heavy (non-hydrogen) atoms. The minimum atomic E-state index is 0.968. The van der Waals surface area contributed by atoms with Gasteiger partial charge < -0.3 is 0 Å². The molecule has 0 rings (SSSR count). The van der Waals surface area contributed by atoms with Crippen LogP contribution in [0.5, 0.6) is 0 Å². The van der Waals surface area contributed by atoms with E-state index >= 15 is 0 Å². The summed E-state index contributed by atoms with van der Waals surface area (Å²) in [6, 6.07) is 0. The molecule has 0 aliphatic carbocycles. The van der Waals surface area contributed by atoms with E-state index in [1.165, 1.54) is 167 Å². The molecule has 0 saturated heterocycles. The SMILES string of the molecule is CCCCCCCCCCCCCCCCCCCCCCCCC(C)CCCC. The van der Waals surface area contributed by atoms with Crippen LogP contribution >= 0.6 is 0 Å². The van der Waals surface area contributed by atoms with Crippen molar-refractivity contribution >= 4 is 0 Å². The maximum absolute atomic E-state index is 2.45. The monoisotopic (exact) mass is 422 g/mol. The smallest absolute Gasteiger partial charge is 0.0443 e. The molecule has 0 bridgehead atoms. The van der Waals surface area contributed by atoms with Crippen LogP contribution in [0.25, 0.3) is 0 Å². The summed E-state index contributed by atoms with van der Waals surface area (Å²) in [7, 11) is 0. The maximum Gasteiger partial charge on any atom is -0.0443 e. The fourth-order valence-electron chi connectivity index (χ4n) is 4.80. The van der Waals surface area contributed by atoms with Gasteiger partial charge >= 0.3 is 0 Å². The first-order valence-corrected chi connectivity index (χ1v) is 14.8. The van der Waals surface area contributed by atoms with Crippen LogP contribution in [0, 0.1) is 5.92 Å². The maximum atomic E-state index is 2.45. The quantitative estimate of drug-likeness (QED) is 0.122. The number of hydrogen-bond donors (Lipinski definition) is 0. The van der Waals surface area contributed by atoms with E-state index in [-0.39, 0.29) is 0 Å². The summed E-state index contributed by atoms with van der Waals surface area (Å²) >= 11 is 0. The Morgan fingerprint density at radius 1 is 0.300 bits per heavy atom. The molecule has 0 aliphatic rings. The highest BCUT2D eigenvalue weighted by molar-refractivity contribution is 4.55. The van der Waals surface area contributed by atoms with Gasteiger partial charge in [-0.1, -0.05) is 188 Å². The van der Waals surface area contributed by atoms with Crippen molar-refractivity contribution in [3.05, 3.63) is 0 Å². The van der Waals surface area contributed by atoms with E-state index in [2.05, 4.69) is 20.8 Å². The Hall–Kier alpha value is 0. The second-order valence-corrected chi connectivity index (χ2v) is 10.5. The summed E-state index contributed by atoms with van der Waals surface area (Å²) < 4.78 is 0. The summed E-state index contributed by atoms with van der Waals surface area (Å²) in [6.07, 6.45) is 38.3. The van der Waals surface area contributed by atoms with Crippen molar-refractivity contribution in [3.63, 3.8) is 0 Å². The van der Waals surface area contributed by atoms with E-state index in [1.807, 2.05) is 0 Å². The highest BCUT2D eigenvalue weighted by Gasteiger charge is 2.01. The number of rotatable bonds is 26. The van der Waals surface area contributed by atoms with E-state index in [0.29, 0.717) is 0 Å². The summed E-state index contributed by atoms with van der Waals surface area (Å²) in [6.45, 7) is 7.07. The van der Waals surface area contributed by atoms with Gasteiger partial charge in [-0.3, -0.25) is 0 Å². The zero-order valence-electron chi connectivity index (χ0n) is 22.0. The first-order chi connectivity index (χ1) is 14.8. The van der Waals surface area contributed by atoms with Crippen molar-refractivity contribution < 1.29 is 0 Å². The van der Waals surface area contributed by atoms with E-state index in [1.54, 1.807) is 0 Å². The van der Waals surface area contributed by atoms with E-state index in [4.69, 9.17) is 0 Å². The van der Waals surface area contributed by atoms with Crippen LogP contribution in [-0.2, 0) is 0 Å². The zero-order valence-corrected chi connectivity index (χ0v) is 22.0. The van der Waals surface area contributed by atoms with Crippen molar-refractivity contribution in [2.45, 2.75) is 188 Å². The third-order valence-electron chi connectivity index (χ3n) is 7.10. The van der Waals surface area contributed by atoms with Crippen LogP contribution in [0.15, 0.2) is 0 Å². The van der Waals surface area contributed by atoms with Crippen molar-refractivity contribution in [2.75, 3.05) is 0 Å². The summed E-state index contributed by atoms with van der Waals surface area (Å²) in [5.41, 5.74) is 0. The molecule has 0 aromatic carbocycles. The molecule has 0 spiro atoms. The van der Waals surface area contributed by atoms with Crippen LogP contribution in [-0.4, -0.2) is 0 Å². The van der Waals surface area contributed by atoms with Gasteiger partial charge in [0.15, 0.2) is 0 Å². The lowest BCUT2D eigenvalue weighted by Gasteiger charge is -2.10. The molecule has 0 amide bonds. The summed E-state index contributed by atoms with van der Waals surface area (Å²) in [4.78, 5) is 0. The average Bonchev–Trinajstić information content (AvgIpc) is 2.75. The predicted molar refractivity (Wildman–Crippen MR) is 141 cm³/mol. The van der Waals surface area contributed by atoms with Crippen LogP contribution in [0.1, 0.15) is 188 Å². The second kappa shape index (κ2) is 27.0. The molecule has 0 radical (unpaired) electrons. The molecular formula is C30H62. The van der Waals surface area contributed by atoms with Gasteiger partial charge in [-0.05, 0) is 5.92 Å². The normalized spacial score (nSPS) is 12.5. The van der Waals surface area contributed by atoms with Gasteiger partial charge in [-0.25, -0.2) is 0 Å². The Morgan fingerprint density at radius 3 is 0.833 bits per heavy atom. The van der Waals surface area contributed by atoms with E-state index in [0.717, 1.165) is 5.92 Å². The van der Waals surface area contributed by atoms with E-state index in [9.17, 15) is 0 Å². The first-order valence-electron chi connectivity index (χ1n) is 14.8. The minimum Gasteiger partial charge on any atom is -0.0654 e. The molecule has 1 unspecified atom stereocenters. The molecule has 1 atom stereocenters. The van der Waals surface area contributed by atoms with Gasteiger partial charge in [0, 0.05) is 0 Å². The minimum absolute atomic E-state index is 0.968. The van der Waals surface area contributed by atoms with Crippen LogP contribution in [0.3, 0.4) is 0 Å². The molecular weight excluding hydrogens is 360 g/mol. The first kappa shape index (κ1) is 30.0. The van der Waals surface area contributed by atoms with Gasteiger partial charge in [0.25, 0.3) is 0 Å². The lowest BCUT2D eigenvalue weighted by molar-refractivity contribution is 0.440. The molecule has 182 valence electrons. The molecule has 0 N–H and O–H groups in total. The third-order valence-corrected chi connectivity index (χ3v) is 7.10. The van der Waals surface area contributed by atoms with E-state index < -0.39 is 0 Å². The van der Waals surface area contributed by atoms with Crippen molar-refractivity contribution in [3.8, 4) is 0 Å². The Morgan fingerprint density at radius 2 is 0.533 bits per heavy atom. The average molecular weight is 423 g/mol. The molecule has 0 aromatic rings. The molecule has 0 fully saturated rings. The van der Waals surface area contributed by atoms with Gasteiger partial charge in [0.05, 0.1) is 0 Å². The highest BCUT2D eigenvalue weighted by atomic mass is 14.1. The molecule has 0 nitrogen and oxygen atoms in total. The van der Waals surface area contributed by atoms with Crippen LogP contribution in [0.2, 0.25) is 0 Å². The zero-order chi connectivity index (χ0) is 22.0. The lowest BCUT2D eigenvalue weighted by atomic mass is 9.97. The predicted octanol–water partition coefficient (Wildman–Crippen LogP) is 11.8. The van der Waals surface area contributed by atoms with Crippen LogP contribution < -0.4 is 0 Å². The number of hydrogen-bond acceptors (Lipinski definition) is 0. The molecule has 0 heterocycles. The van der Waals surface area contributed by atoms with Gasteiger partial charge in [0.1, 0.15) is 0 Å². The topological polar surface area (TPSA) is 0 Å². The molecule has 0 heteroatoms. The molecule has 0 aromatic heterocycles. The Balaban J connectivity index is 3.03. The summed E-state index contributed by atoms with van der Waals surface area (Å²) in [5.74, 6) is 0.968. The van der Waals surface area contributed by atoms with Crippen molar-refractivity contribution in [2.24, 2.45) is 5.92 Å². The van der Waals surface area contributed by atoms with Crippen molar-refractivity contribution in [1.29, 1.82) is 0 Å². The Kier molecular flexibility index (Phi) is 27.0. The standard InChI is InChI=1S/C30H62/c1-4-6-8-9-10-11-12-13-14-15-16-17-18-19-20-21-22-23-24-25-26-27-29-30(3)28-7-5-2/h30H,4-29H2,1-3H3. The fourth-order valence-corrected chi connectivity index (χ4v) is 4.80. The van der Waals surface area contributed by atoms with Gasteiger partial charge in [0.2, 0.25) is 0 Å². The Bertz CT molecular complexity index is 282. The third kappa shape index (κ3) is 26.0. The molecule has 0 saturated carbocycles.